The van der Waals surface area contributed by atoms with Crippen LogP contribution in [0.25, 0.3) is 10.4 Å². The van der Waals surface area contributed by atoms with Gasteiger partial charge in [-0.25, -0.2) is 4.98 Å². The van der Waals surface area contributed by atoms with Gasteiger partial charge in [0.25, 0.3) is 0 Å². The van der Waals surface area contributed by atoms with Crippen LogP contribution in [0.2, 0.25) is 0 Å². The largest absolute Gasteiger partial charge is 0.391 e. The second-order valence-electron chi connectivity index (χ2n) is 12.2. The Hall–Kier alpha value is -2.33. The number of hydrogen-bond acceptors (Lipinski definition) is 7. The van der Waals surface area contributed by atoms with Crippen LogP contribution in [0.3, 0.4) is 0 Å². The van der Waals surface area contributed by atoms with E-state index in [2.05, 4.69) is 15.6 Å². The molecule has 0 radical (unpaired) electrons. The van der Waals surface area contributed by atoms with E-state index in [4.69, 9.17) is 0 Å². The minimum absolute atomic E-state index is 0.109. The molecule has 0 spiro atoms. The normalized spacial score (nSPS) is 21.0. The van der Waals surface area contributed by atoms with Crippen LogP contribution in [0.15, 0.2) is 29.8 Å². The van der Waals surface area contributed by atoms with E-state index in [1.165, 1.54) is 4.90 Å². The molecule has 1 aliphatic heterocycles. The fraction of sp³-hybridized carbons (Fsp3) is 0.607. The van der Waals surface area contributed by atoms with Crippen LogP contribution in [0.1, 0.15) is 72.2 Å². The predicted molar refractivity (Wildman–Crippen MR) is 147 cm³/mol. The molecule has 1 saturated heterocycles. The zero-order valence-corrected chi connectivity index (χ0v) is 24.0. The van der Waals surface area contributed by atoms with Gasteiger partial charge in [-0.15, -0.1) is 11.3 Å². The number of β-amino-alcohol motifs (C(OH)–C–C–N with tert-alkyl or cyclic N) is 1. The first-order valence-corrected chi connectivity index (χ1v) is 13.7. The molecule has 1 aromatic heterocycles. The molecule has 2 heterocycles. The van der Waals surface area contributed by atoms with Crippen LogP contribution in [0.5, 0.6) is 0 Å². The first-order valence-electron chi connectivity index (χ1n) is 12.8. The van der Waals surface area contributed by atoms with Gasteiger partial charge >= 0.3 is 0 Å². The molecule has 0 bridgehead atoms. The second kappa shape index (κ2) is 11.2. The van der Waals surface area contributed by atoms with Crippen molar-refractivity contribution >= 4 is 23.2 Å². The first kappa shape index (κ1) is 29.2. The predicted octanol–water partition coefficient (Wildman–Crippen LogP) is 3.63. The Labute approximate surface area is 224 Å². The number of aliphatic hydroxyl groups is 2. The number of carbonyl (C=O) groups excluding carboxylic acids is 2. The van der Waals surface area contributed by atoms with E-state index in [9.17, 15) is 19.8 Å². The first-order chi connectivity index (χ1) is 17.1. The number of amides is 2. The number of hydrogen-bond donors (Lipinski definition) is 4. The summed E-state index contributed by atoms with van der Waals surface area (Å²) < 4.78 is 0. The maximum absolute atomic E-state index is 13.7. The van der Waals surface area contributed by atoms with Gasteiger partial charge in [0.15, 0.2) is 0 Å². The van der Waals surface area contributed by atoms with Crippen LogP contribution in [0, 0.1) is 17.8 Å². The Morgan fingerprint density at radius 3 is 2.27 bits per heavy atom. The standard InChI is InChI=1S/C28H42N4O4S/c1-16(18-9-11-19(12-10-18)22-17(2)29-15-37-22)30-24(34)21-13-20(33)14-32(21)25(35)23(27(3,4)5)31-26(36)28(6,7)8/h9-12,15-16,20-21,23-24,30,33-34H,13-14H2,1-8H3,(H,31,36)/t16-,20-,21+,23-,24?/m1/s1. The highest BCUT2D eigenvalue weighted by atomic mass is 32.1. The lowest BCUT2D eigenvalue weighted by Crippen LogP contribution is -2.59. The van der Waals surface area contributed by atoms with Crippen molar-refractivity contribution in [1.82, 2.24) is 20.5 Å². The Morgan fingerprint density at radius 2 is 1.76 bits per heavy atom. The Balaban J connectivity index is 1.74. The molecular formula is C28H42N4O4S. The van der Waals surface area contributed by atoms with Crippen LogP contribution in [0.4, 0.5) is 0 Å². The van der Waals surface area contributed by atoms with Crippen LogP contribution in [-0.4, -0.2) is 62.9 Å². The second-order valence-corrected chi connectivity index (χ2v) is 13.0. The van der Waals surface area contributed by atoms with E-state index < -0.39 is 35.2 Å². The van der Waals surface area contributed by atoms with Gasteiger partial charge in [-0.1, -0.05) is 65.8 Å². The monoisotopic (exact) mass is 530 g/mol. The molecule has 5 atom stereocenters. The highest BCUT2D eigenvalue weighted by molar-refractivity contribution is 7.13. The van der Waals surface area contributed by atoms with Gasteiger partial charge in [-0.2, -0.15) is 0 Å². The lowest BCUT2D eigenvalue weighted by Gasteiger charge is -2.38. The van der Waals surface area contributed by atoms with Crippen molar-refractivity contribution in [3.05, 3.63) is 41.0 Å². The maximum Gasteiger partial charge on any atom is 0.246 e. The zero-order chi connectivity index (χ0) is 27.7. The van der Waals surface area contributed by atoms with E-state index in [0.717, 1.165) is 21.7 Å². The van der Waals surface area contributed by atoms with Gasteiger partial charge in [0, 0.05) is 18.0 Å². The molecule has 4 N–H and O–H groups in total. The summed E-state index contributed by atoms with van der Waals surface area (Å²) in [5, 5.41) is 27.7. The van der Waals surface area contributed by atoms with Gasteiger partial charge in [0.1, 0.15) is 12.3 Å². The van der Waals surface area contributed by atoms with Gasteiger partial charge in [-0.3, -0.25) is 14.9 Å². The van der Waals surface area contributed by atoms with Gasteiger partial charge in [0.2, 0.25) is 11.8 Å². The van der Waals surface area contributed by atoms with E-state index in [1.807, 2.05) is 64.4 Å². The molecule has 9 heteroatoms. The minimum atomic E-state index is -1.06. The number of likely N-dealkylation sites (tertiary alicyclic amines) is 1. The molecule has 3 rings (SSSR count). The maximum atomic E-state index is 13.7. The summed E-state index contributed by atoms with van der Waals surface area (Å²) in [5.41, 5.74) is 3.71. The van der Waals surface area contributed by atoms with Gasteiger partial charge in [0.05, 0.1) is 28.2 Å². The lowest BCUT2D eigenvalue weighted by atomic mass is 9.84. The van der Waals surface area contributed by atoms with Crippen molar-refractivity contribution in [1.29, 1.82) is 0 Å². The molecule has 1 fully saturated rings. The third-order valence-corrected chi connectivity index (χ3v) is 7.86. The van der Waals surface area contributed by atoms with Crippen molar-refractivity contribution in [2.45, 2.75) is 92.3 Å². The number of nitrogens with zero attached hydrogens (tertiary/aromatic N) is 2. The molecule has 2 aromatic rings. The van der Waals surface area contributed by atoms with Gasteiger partial charge in [-0.05, 0) is 36.8 Å². The summed E-state index contributed by atoms with van der Waals surface area (Å²) in [6.07, 6.45) is -1.56. The minimum Gasteiger partial charge on any atom is -0.391 e. The molecule has 8 nitrogen and oxygen atoms in total. The Bertz CT molecular complexity index is 1090. The van der Waals surface area contributed by atoms with Crippen molar-refractivity contribution < 1.29 is 19.8 Å². The molecule has 1 unspecified atom stereocenters. The van der Waals surface area contributed by atoms with E-state index in [0.29, 0.717) is 0 Å². The molecule has 0 saturated carbocycles. The summed E-state index contributed by atoms with van der Waals surface area (Å²) in [6.45, 7) is 15.1. The average molecular weight is 531 g/mol. The Morgan fingerprint density at radius 1 is 1.14 bits per heavy atom. The quantitative estimate of drug-likeness (QED) is 0.407. The molecule has 0 aliphatic carbocycles. The number of aliphatic hydroxyl groups excluding tert-OH is 2. The lowest BCUT2D eigenvalue weighted by molar-refractivity contribution is -0.144. The number of aromatic nitrogens is 1. The third-order valence-electron chi connectivity index (χ3n) is 6.88. The molecule has 1 aromatic carbocycles. The third kappa shape index (κ3) is 6.96. The Kier molecular flexibility index (Phi) is 8.84. The summed E-state index contributed by atoms with van der Waals surface area (Å²) in [6, 6.07) is 6.51. The molecule has 1 aliphatic rings. The fourth-order valence-electron chi connectivity index (χ4n) is 4.52. The van der Waals surface area contributed by atoms with Crippen LogP contribution in [-0.2, 0) is 9.59 Å². The fourth-order valence-corrected chi connectivity index (χ4v) is 5.34. The average Bonchev–Trinajstić information content (AvgIpc) is 3.40. The number of aryl methyl sites for hydroxylation is 1. The summed E-state index contributed by atoms with van der Waals surface area (Å²) in [5.74, 6) is -0.522. The summed E-state index contributed by atoms with van der Waals surface area (Å²) >= 11 is 1.60. The van der Waals surface area contributed by atoms with Crippen LogP contribution < -0.4 is 10.6 Å². The molecule has 37 heavy (non-hydrogen) atoms. The van der Waals surface area contributed by atoms with E-state index in [-0.39, 0.29) is 30.8 Å². The number of thiazole rings is 1. The molecule has 2 amide bonds. The zero-order valence-electron chi connectivity index (χ0n) is 23.2. The van der Waals surface area contributed by atoms with Crippen LogP contribution >= 0.6 is 11.3 Å². The van der Waals surface area contributed by atoms with Gasteiger partial charge < -0.3 is 20.4 Å². The summed E-state index contributed by atoms with van der Waals surface area (Å²) in [4.78, 5) is 33.4. The van der Waals surface area contributed by atoms with Crippen molar-refractivity contribution in [3.8, 4) is 10.4 Å². The molecular weight excluding hydrogens is 488 g/mol. The SMILES string of the molecule is Cc1ncsc1-c1ccc([C@@H](C)NC(O)[C@@H]2C[C@@H](O)CN2C(=O)[C@@H](NC(=O)C(C)(C)C)C(C)(C)C)cc1. The van der Waals surface area contributed by atoms with Crippen molar-refractivity contribution in [3.63, 3.8) is 0 Å². The number of rotatable bonds is 7. The highest BCUT2D eigenvalue weighted by Gasteiger charge is 2.45. The number of carbonyl (C=O) groups is 2. The van der Waals surface area contributed by atoms with E-state index in [1.54, 1.807) is 32.1 Å². The van der Waals surface area contributed by atoms with E-state index >= 15 is 0 Å². The number of benzene rings is 1. The summed E-state index contributed by atoms with van der Waals surface area (Å²) in [7, 11) is 0. The topological polar surface area (TPSA) is 115 Å². The molecule has 204 valence electrons. The smallest absolute Gasteiger partial charge is 0.246 e. The number of nitrogens with one attached hydrogen (secondary N) is 2. The highest BCUT2D eigenvalue weighted by Crippen LogP contribution is 2.30. The van der Waals surface area contributed by atoms with Crippen molar-refractivity contribution in [2.24, 2.45) is 10.8 Å². The van der Waals surface area contributed by atoms with Crippen molar-refractivity contribution in [2.75, 3.05) is 6.54 Å².